The molecule has 7 nitrogen and oxygen atoms in total. The van der Waals surface area contributed by atoms with Crippen molar-refractivity contribution in [2.75, 3.05) is 20.0 Å². The molecule has 3 aromatic rings. The first-order valence-electron chi connectivity index (χ1n) is 10.1. The Morgan fingerprint density at radius 1 is 1.03 bits per heavy atom. The number of carbonyl (C=O) groups excluding carboxylic acids is 1. The molecule has 0 saturated heterocycles. The number of ketones is 1. The molecule has 1 unspecified atom stereocenters. The minimum atomic E-state index is -0.411. The van der Waals surface area contributed by atoms with Crippen molar-refractivity contribution in [3.63, 3.8) is 0 Å². The fourth-order valence-corrected chi connectivity index (χ4v) is 4.11. The summed E-state index contributed by atoms with van der Waals surface area (Å²) in [5.41, 5.74) is 0.527. The fraction of sp³-hybridized carbons (Fsp3) is 0.348. The van der Waals surface area contributed by atoms with E-state index in [2.05, 4.69) is 10.2 Å². The lowest BCUT2D eigenvalue weighted by Gasteiger charge is -2.18. The maximum Gasteiger partial charge on any atom is 0.192 e. The number of thioether (sulfide) groups is 1. The van der Waals surface area contributed by atoms with E-state index in [9.17, 15) is 9.18 Å². The van der Waals surface area contributed by atoms with Gasteiger partial charge in [0, 0.05) is 11.6 Å². The molecule has 0 fully saturated rings. The monoisotopic (exact) mass is 459 g/mol. The second kappa shape index (κ2) is 10.5. The molecule has 3 rings (SSSR count). The summed E-state index contributed by atoms with van der Waals surface area (Å²) in [6, 6.07) is 11.0. The van der Waals surface area contributed by atoms with Crippen molar-refractivity contribution in [3.8, 4) is 17.2 Å². The van der Waals surface area contributed by atoms with Gasteiger partial charge in [0.15, 0.2) is 34.4 Å². The van der Waals surface area contributed by atoms with Crippen LogP contribution in [0.1, 0.15) is 49.1 Å². The van der Waals surface area contributed by atoms with Gasteiger partial charge in [0.05, 0.1) is 20.0 Å². The van der Waals surface area contributed by atoms with Gasteiger partial charge in [-0.3, -0.25) is 4.79 Å². The Labute approximate surface area is 190 Å². The standard InChI is InChI=1S/C23H26FN3O4S/c1-14(2)27-22(15(3)31-18-9-7-17(24)8-10-18)25-26-23(27)32-13-19(28)16-6-11-20(29-4)21(12-16)30-5/h6-12,14-15H,13H2,1-5H3. The van der Waals surface area contributed by atoms with Crippen LogP contribution in [0.3, 0.4) is 0 Å². The van der Waals surface area contributed by atoms with Gasteiger partial charge in [0.25, 0.3) is 0 Å². The molecular formula is C23H26FN3O4S. The van der Waals surface area contributed by atoms with Crippen LogP contribution in [0.15, 0.2) is 47.6 Å². The van der Waals surface area contributed by atoms with Gasteiger partial charge in [-0.15, -0.1) is 10.2 Å². The van der Waals surface area contributed by atoms with E-state index in [-0.39, 0.29) is 23.4 Å². The number of halogens is 1. The maximum atomic E-state index is 13.1. The molecule has 0 aliphatic carbocycles. The van der Waals surface area contributed by atoms with Crippen LogP contribution < -0.4 is 14.2 Å². The molecule has 0 spiro atoms. The first kappa shape index (κ1) is 23.6. The Morgan fingerprint density at radius 3 is 2.34 bits per heavy atom. The molecule has 1 aromatic heterocycles. The summed E-state index contributed by atoms with van der Waals surface area (Å²) in [4.78, 5) is 12.7. The molecule has 0 radical (unpaired) electrons. The van der Waals surface area contributed by atoms with Gasteiger partial charge in [-0.05, 0) is 63.2 Å². The van der Waals surface area contributed by atoms with E-state index in [0.29, 0.717) is 33.8 Å². The van der Waals surface area contributed by atoms with Crippen LogP contribution in [-0.4, -0.2) is 40.5 Å². The lowest BCUT2D eigenvalue weighted by atomic mass is 10.1. The number of ether oxygens (including phenoxy) is 3. The molecule has 1 atom stereocenters. The topological polar surface area (TPSA) is 75.5 Å². The first-order chi connectivity index (χ1) is 15.3. The number of aromatic nitrogens is 3. The summed E-state index contributed by atoms with van der Waals surface area (Å²) in [6.07, 6.45) is -0.411. The third-order valence-electron chi connectivity index (χ3n) is 4.74. The van der Waals surface area contributed by atoms with Crippen molar-refractivity contribution in [1.82, 2.24) is 14.8 Å². The van der Waals surface area contributed by atoms with E-state index in [1.165, 1.54) is 31.0 Å². The normalized spacial score (nSPS) is 12.0. The van der Waals surface area contributed by atoms with Crippen molar-refractivity contribution in [3.05, 3.63) is 59.7 Å². The smallest absolute Gasteiger partial charge is 0.192 e. The summed E-state index contributed by atoms with van der Waals surface area (Å²) < 4.78 is 31.5. The van der Waals surface area contributed by atoms with Crippen molar-refractivity contribution in [1.29, 1.82) is 0 Å². The molecule has 2 aromatic carbocycles. The average molecular weight is 460 g/mol. The van der Waals surface area contributed by atoms with Gasteiger partial charge in [0.2, 0.25) is 0 Å². The zero-order valence-corrected chi connectivity index (χ0v) is 19.5. The maximum absolute atomic E-state index is 13.1. The largest absolute Gasteiger partial charge is 0.493 e. The molecule has 9 heteroatoms. The van der Waals surface area contributed by atoms with E-state index in [4.69, 9.17) is 14.2 Å². The molecule has 0 N–H and O–H groups in total. The van der Waals surface area contributed by atoms with Crippen LogP contribution in [0.25, 0.3) is 0 Å². The van der Waals surface area contributed by atoms with Crippen LogP contribution in [0.4, 0.5) is 4.39 Å². The van der Waals surface area contributed by atoms with E-state index in [0.717, 1.165) is 0 Å². The molecule has 0 saturated carbocycles. The number of nitrogens with zero attached hydrogens (tertiary/aromatic N) is 3. The van der Waals surface area contributed by atoms with Gasteiger partial charge in [-0.2, -0.15) is 0 Å². The summed E-state index contributed by atoms with van der Waals surface area (Å²) in [7, 11) is 3.08. The highest BCUT2D eigenvalue weighted by Crippen LogP contribution is 2.30. The lowest BCUT2D eigenvalue weighted by Crippen LogP contribution is -2.14. The fourth-order valence-electron chi connectivity index (χ4n) is 3.14. The van der Waals surface area contributed by atoms with E-state index in [1.54, 1.807) is 37.4 Å². The van der Waals surface area contributed by atoms with Crippen LogP contribution in [0.2, 0.25) is 0 Å². The average Bonchev–Trinajstić information content (AvgIpc) is 3.23. The van der Waals surface area contributed by atoms with Crippen molar-refractivity contribution in [2.24, 2.45) is 0 Å². The second-order valence-corrected chi connectivity index (χ2v) is 8.24. The number of hydrogen-bond donors (Lipinski definition) is 0. The minimum Gasteiger partial charge on any atom is -0.493 e. The van der Waals surface area contributed by atoms with Crippen molar-refractivity contribution < 1.29 is 23.4 Å². The predicted molar refractivity (Wildman–Crippen MR) is 120 cm³/mol. The first-order valence-corrected chi connectivity index (χ1v) is 11.1. The van der Waals surface area contributed by atoms with E-state index < -0.39 is 6.10 Å². The summed E-state index contributed by atoms with van der Waals surface area (Å²) in [5.74, 6) is 2.03. The number of benzene rings is 2. The van der Waals surface area contributed by atoms with E-state index >= 15 is 0 Å². The Balaban J connectivity index is 1.74. The Bertz CT molecular complexity index is 1070. The van der Waals surface area contributed by atoms with Gasteiger partial charge in [-0.1, -0.05) is 11.8 Å². The van der Waals surface area contributed by atoms with Crippen LogP contribution in [0.5, 0.6) is 17.2 Å². The predicted octanol–water partition coefficient (Wildman–Crippen LogP) is 5.13. The number of hydrogen-bond acceptors (Lipinski definition) is 7. The zero-order valence-electron chi connectivity index (χ0n) is 18.7. The molecule has 0 bridgehead atoms. The molecule has 0 aliphatic heterocycles. The Hall–Kier alpha value is -3.07. The third kappa shape index (κ3) is 5.40. The van der Waals surface area contributed by atoms with Gasteiger partial charge in [-0.25, -0.2) is 4.39 Å². The molecule has 170 valence electrons. The minimum absolute atomic E-state index is 0.0537. The molecular weight excluding hydrogens is 433 g/mol. The van der Waals surface area contributed by atoms with Crippen LogP contribution in [0, 0.1) is 5.82 Å². The number of methoxy groups -OCH3 is 2. The van der Waals surface area contributed by atoms with Gasteiger partial charge >= 0.3 is 0 Å². The molecule has 1 heterocycles. The SMILES string of the molecule is COc1ccc(C(=O)CSc2nnc(C(C)Oc3ccc(F)cc3)n2C(C)C)cc1OC. The van der Waals surface area contributed by atoms with Crippen molar-refractivity contribution >= 4 is 17.5 Å². The molecule has 0 aliphatic rings. The highest BCUT2D eigenvalue weighted by Gasteiger charge is 2.22. The highest BCUT2D eigenvalue weighted by molar-refractivity contribution is 7.99. The quantitative estimate of drug-likeness (QED) is 0.307. The molecule has 0 amide bonds. The van der Waals surface area contributed by atoms with Gasteiger partial charge in [0.1, 0.15) is 11.6 Å². The number of rotatable bonds is 10. The lowest BCUT2D eigenvalue weighted by molar-refractivity contribution is 0.102. The highest BCUT2D eigenvalue weighted by atomic mass is 32.2. The van der Waals surface area contributed by atoms with Crippen molar-refractivity contribution in [2.45, 2.75) is 38.1 Å². The van der Waals surface area contributed by atoms with Crippen LogP contribution >= 0.6 is 11.8 Å². The van der Waals surface area contributed by atoms with E-state index in [1.807, 2.05) is 25.3 Å². The van der Waals surface area contributed by atoms with Gasteiger partial charge < -0.3 is 18.8 Å². The summed E-state index contributed by atoms with van der Waals surface area (Å²) in [6.45, 7) is 5.88. The zero-order chi connectivity index (χ0) is 23.3. The molecule has 32 heavy (non-hydrogen) atoms. The second-order valence-electron chi connectivity index (χ2n) is 7.30. The Morgan fingerprint density at radius 2 is 1.72 bits per heavy atom. The Kier molecular flexibility index (Phi) is 7.74. The number of Topliss-reactive ketones (excluding diaryl/α,β-unsaturated/α-hetero) is 1. The third-order valence-corrected chi connectivity index (χ3v) is 5.68. The van der Waals surface area contributed by atoms with Crippen LogP contribution in [-0.2, 0) is 0 Å². The summed E-state index contributed by atoms with van der Waals surface area (Å²) >= 11 is 1.31. The number of carbonyl (C=O) groups is 1. The summed E-state index contributed by atoms with van der Waals surface area (Å²) in [5, 5.41) is 9.20.